The Kier molecular flexibility index (Phi) is 9.28. The molecule has 0 saturated carbocycles. The molecule has 0 unspecified atom stereocenters. The first kappa shape index (κ1) is 38.1. The highest BCUT2D eigenvalue weighted by atomic mass is 32.2. The highest BCUT2D eigenvalue weighted by Gasteiger charge is 2.47. The molecular weight excluding hydrogens is 791 g/mol. The summed E-state index contributed by atoms with van der Waals surface area (Å²) in [6.45, 7) is 0. The van der Waals surface area contributed by atoms with Gasteiger partial charge in [-0.05, 0) is 115 Å². The lowest BCUT2D eigenvalue weighted by Crippen LogP contribution is -2.34. The van der Waals surface area contributed by atoms with Crippen molar-refractivity contribution in [1.29, 1.82) is 0 Å². The van der Waals surface area contributed by atoms with Gasteiger partial charge in [-0.2, -0.15) is 0 Å². The lowest BCUT2D eigenvalue weighted by atomic mass is 9.64. The fourth-order valence-electron chi connectivity index (χ4n) is 10.8. The topological polar surface area (TPSA) is 3.24 Å². The molecule has 10 aromatic rings. The maximum Gasteiger partial charge on any atom is 0.0724 e. The van der Waals surface area contributed by atoms with Crippen molar-refractivity contribution in [2.75, 3.05) is 4.90 Å². The van der Waals surface area contributed by atoms with Crippen LogP contribution in [0.1, 0.15) is 44.5 Å². The summed E-state index contributed by atoms with van der Waals surface area (Å²) in [7, 11) is 0. The molecule has 10 aromatic carbocycles. The lowest BCUT2D eigenvalue weighted by Gasteiger charge is -2.42. The van der Waals surface area contributed by atoms with Crippen molar-refractivity contribution in [3.8, 4) is 22.3 Å². The molecule has 2 heteroatoms. The van der Waals surface area contributed by atoms with Gasteiger partial charge in [0.25, 0.3) is 0 Å². The van der Waals surface area contributed by atoms with Crippen molar-refractivity contribution in [1.82, 2.24) is 0 Å². The molecule has 302 valence electrons. The summed E-state index contributed by atoms with van der Waals surface area (Å²) < 4.78 is 0. The van der Waals surface area contributed by atoms with Crippen molar-refractivity contribution in [2.45, 2.75) is 20.6 Å². The largest absolute Gasteiger partial charge is 0.310 e. The standard InChI is InChI=1S/C62H43NS/c1-5-21-44(22-6-1)45-23-19-31-50(41-45)63(51-32-20-30-49(42-51)62(48-28-11-4-12-29-48)55-35-15-13-33-53(55)54-34-14-16-36-56(54)62)52-39-40-60-58(43-52)61(46-24-7-2-8-25-46,47-26-9-3-10-27-47)57-37-17-18-38-59(57)64-60/h1-43H. The van der Waals surface area contributed by atoms with Crippen LogP contribution in [-0.4, -0.2) is 0 Å². The van der Waals surface area contributed by atoms with E-state index >= 15 is 0 Å². The van der Waals surface area contributed by atoms with E-state index in [1.807, 2.05) is 11.8 Å². The van der Waals surface area contributed by atoms with Crippen LogP contribution >= 0.6 is 11.8 Å². The minimum absolute atomic E-state index is 0.534. The summed E-state index contributed by atoms with van der Waals surface area (Å²) in [6, 6.07) is 96.5. The van der Waals surface area contributed by atoms with E-state index in [4.69, 9.17) is 0 Å². The van der Waals surface area contributed by atoms with E-state index in [-0.39, 0.29) is 0 Å². The Morgan fingerprint density at radius 3 is 1.30 bits per heavy atom. The van der Waals surface area contributed by atoms with Crippen molar-refractivity contribution < 1.29 is 0 Å². The van der Waals surface area contributed by atoms with Gasteiger partial charge in [0.05, 0.1) is 10.8 Å². The SMILES string of the molecule is c1ccc(-c2cccc(N(c3cccc(C4(c5ccccc5)c5ccccc5-c5ccccc54)c3)c3ccc4c(c3)C(c3ccccc3)(c3ccccc3)c3ccccc3S4)c2)cc1. The minimum Gasteiger partial charge on any atom is -0.310 e. The second-order valence-corrected chi connectivity index (χ2v) is 17.9. The van der Waals surface area contributed by atoms with E-state index in [9.17, 15) is 0 Å². The molecule has 64 heavy (non-hydrogen) atoms. The Morgan fingerprint density at radius 2 is 0.688 bits per heavy atom. The van der Waals surface area contributed by atoms with Crippen molar-refractivity contribution >= 4 is 28.8 Å². The van der Waals surface area contributed by atoms with Crippen LogP contribution in [0.25, 0.3) is 22.3 Å². The third-order valence-electron chi connectivity index (χ3n) is 13.5. The zero-order chi connectivity index (χ0) is 42.5. The molecule has 0 N–H and O–H groups in total. The monoisotopic (exact) mass is 833 g/mol. The van der Waals surface area contributed by atoms with Crippen LogP contribution in [0.5, 0.6) is 0 Å². The van der Waals surface area contributed by atoms with Crippen LogP contribution < -0.4 is 4.90 Å². The predicted octanol–water partition coefficient (Wildman–Crippen LogP) is 16.0. The first-order valence-electron chi connectivity index (χ1n) is 22.1. The van der Waals surface area contributed by atoms with Crippen LogP contribution in [0.15, 0.2) is 271 Å². The Morgan fingerprint density at radius 1 is 0.266 bits per heavy atom. The maximum atomic E-state index is 2.48. The fourth-order valence-corrected chi connectivity index (χ4v) is 12.0. The highest BCUT2D eigenvalue weighted by molar-refractivity contribution is 7.99. The average Bonchev–Trinajstić information content (AvgIpc) is 3.68. The molecule has 0 spiro atoms. The van der Waals surface area contributed by atoms with E-state index in [2.05, 4.69) is 266 Å². The van der Waals surface area contributed by atoms with Gasteiger partial charge in [0.15, 0.2) is 0 Å². The first-order chi connectivity index (χ1) is 31.7. The minimum atomic E-state index is -0.566. The molecule has 2 aliphatic rings. The van der Waals surface area contributed by atoms with Gasteiger partial charge in [-0.3, -0.25) is 0 Å². The van der Waals surface area contributed by atoms with Crippen molar-refractivity contribution in [3.63, 3.8) is 0 Å². The van der Waals surface area contributed by atoms with Crippen molar-refractivity contribution in [2.24, 2.45) is 0 Å². The quantitative estimate of drug-likeness (QED) is 0.150. The number of fused-ring (bicyclic) bond motifs is 5. The molecule has 0 atom stereocenters. The predicted molar refractivity (Wildman–Crippen MR) is 266 cm³/mol. The summed E-state index contributed by atoms with van der Waals surface area (Å²) in [5, 5.41) is 0. The summed E-state index contributed by atoms with van der Waals surface area (Å²) in [5.41, 5.74) is 17.2. The van der Waals surface area contributed by atoms with Crippen LogP contribution in [-0.2, 0) is 10.8 Å². The van der Waals surface area contributed by atoms with Gasteiger partial charge in [0.1, 0.15) is 0 Å². The molecule has 0 bridgehead atoms. The van der Waals surface area contributed by atoms with Gasteiger partial charge in [0.2, 0.25) is 0 Å². The van der Waals surface area contributed by atoms with Gasteiger partial charge < -0.3 is 4.90 Å². The molecule has 0 amide bonds. The normalized spacial score (nSPS) is 13.8. The van der Waals surface area contributed by atoms with E-state index < -0.39 is 10.8 Å². The molecule has 1 nitrogen and oxygen atoms in total. The van der Waals surface area contributed by atoms with E-state index in [1.165, 1.54) is 76.6 Å². The summed E-state index contributed by atoms with van der Waals surface area (Å²) in [6.07, 6.45) is 0. The van der Waals surface area contributed by atoms with E-state index in [0.29, 0.717) is 0 Å². The lowest BCUT2D eigenvalue weighted by molar-refractivity contribution is 0.703. The number of benzene rings is 10. The number of anilines is 3. The molecule has 1 aliphatic heterocycles. The molecular formula is C62H43NS. The Hall–Kier alpha value is -7.65. The van der Waals surface area contributed by atoms with Crippen LogP contribution in [0.2, 0.25) is 0 Å². The highest BCUT2D eigenvalue weighted by Crippen LogP contribution is 2.59. The van der Waals surface area contributed by atoms with Crippen LogP contribution in [0.4, 0.5) is 17.1 Å². The summed E-state index contributed by atoms with van der Waals surface area (Å²) in [5.74, 6) is 0. The third-order valence-corrected chi connectivity index (χ3v) is 14.6. The maximum absolute atomic E-state index is 2.48. The van der Waals surface area contributed by atoms with Gasteiger partial charge in [-0.25, -0.2) is 0 Å². The zero-order valence-corrected chi connectivity index (χ0v) is 36.0. The number of hydrogen-bond acceptors (Lipinski definition) is 2. The average molecular weight is 834 g/mol. The smallest absolute Gasteiger partial charge is 0.0724 e. The molecule has 1 aliphatic carbocycles. The van der Waals surface area contributed by atoms with Gasteiger partial charge in [-0.1, -0.05) is 224 Å². The molecule has 12 rings (SSSR count). The molecule has 0 aromatic heterocycles. The fraction of sp³-hybridized carbons (Fsp3) is 0.0323. The molecule has 1 heterocycles. The Labute approximate surface area is 380 Å². The summed E-state index contributed by atoms with van der Waals surface area (Å²) >= 11 is 1.87. The number of rotatable bonds is 8. The second-order valence-electron chi connectivity index (χ2n) is 16.8. The molecule has 0 fully saturated rings. The number of hydrogen-bond donors (Lipinski definition) is 0. The third kappa shape index (κ3) is 5.87. The van der Waals surface area contributed by atoms with Gasteiger partial charge >= 0.3 is 0 Å². The van der Waals surface area contributed by atoms with Gasteiger partial charge in [0, 0.05) is 26.9 Å². The van der Waals surface area contributed by atoms with E-state index in [0.717, 1.165) is 17.1 Å². The van der Waals surface area contributed by atoms with E-state index in [1.54, 1.807) is 0 Å². The molecule has 0 radical (unpaired) electrons. The Bertz CT molecular complexity index is 3220. The molecule has 0 saturated heterocycles. The second kappa shape index (κ2) is 15.6. The first-order valence-corrected chi connectivity index (χ1v) is 22.9. The van der Waals surface area contributed by atoms with Crippen LogP contribution in [0.3, 0.4) is 0 Å². The number of nitrogens with zero attached hydrogens (tertiary/aromatic N) is 1. The van der Waals surface area contributed by atoms with Crippen LogP contribution in [0, 0.1) is 0 Å². The zero-order valence-electron chi connectivity index (χ0n) is 35.2. The summed E-state index contributed by atoms with van der Waals surface area (Å²) in [4.78, 5) is 5.01. The van der Waals surface area contributed by atoms with Crippen molar-refractivity contribution in [3.05, 3.63) is 305 Å². The van der Waals surface area contributed by atoms with Gasteiger partial charge in [-0.15, -0.1) is 0 Å². The Balaban J connectivity index is 1.13.